The van der Waals surface area contributed by atoms with Crippen LogP contribution >= 0.6 is 0 Å². The fraction of sp³-hybridized carbons (Fsp3) is 0.800. The quantitative estimate of drug-likeness (QED) is 0.516. The van der Waals surface area contributed by atoms with Crippen molar-refractivity contribution in [2.24, 2.45) is 5.41 Å². The molecule has 62 valence electrons. The van der Waals surface area contributed by atoms with E-state index in [2.05, 4.69) is 24.7 Å². The Balaban J connectivity index is 2.43. The predicted molar refractivity (Wildman–Crippen MR) is 48.3 cm³/mol. The summed E-state index contributed by atoms with van der Waals surface area (Å²) in [7, 11) is 0. The Morgan fingerprint density at radius 1 is 1.45 bits per heavy atom. The van der Waals surface area contributed by atoms with Crippen molar-refractivity contribution in [3.05, 3.63) is 0 Å². The van der Waals surface area contributed by atoms with Gasteiger partial charge in [-0.2, -0.15) is 0 Å². The van der Waals surface area contributed by atoms with Gasteiger partial charge in [-0.3, -0.25) is 0 Å². The van der Waals surface area contributed by atoms with E-state index >= 15 is 0 Å². The molecule has 0 spiro atoms. The first-order valence-corrected chi connectivity index (χ1v) is 4.40. The van der Waals surface area contributed by atoms with Crippen molar-refractivity contribution in [1.29, 1.82) is 0 Å². The molecule has 0 aromatic heterocycles. The third-order valence-corrected chi connectivity index (χ3v) is 2.76. The summed E-state index contributed by atoms with van der Waals surface area (Å²) < 4.78 is 0. The molecule has 0 amide bonds. The maximum atomic E-state index is 5.46. The SMILES string of the molecule is C#CC1(C)CCN(CC)CC1. The smallest absolute Gasteiger partial charge is 0.0308 e. The minimum Gasteiger partial charge on any atom is -0.304 e. The van der Waals surface area contributed by atoms with Crippen LogP contribution < -0.4 is 0 Å². The zero-order valence-corrected chi connectivity index (χ0v) is 7.56. The van der Waals surface area contributed by atoms with E-state index in [4.69, 9.17) is 6.42 Å². The molecule has 1 fully saturated rings. The number of nitrogens with zero attached hydrogens (tertiary/aromatic N) is 1. The van der Waals surface area contributed by atoms with E-state index < -0.39 is 0 Å². The van der Waals surface area contributed by atoms with E-state index in [0.717, 1.165) is 12.8 Å². The molecule has 0 aromatic rings. The maximum Gasteiger partial charge on any atom is 0.0308 e. The molecule has 0 aliphatic carbocycles. The number of piperidine rings is 1. The largest absolute Gasteiger partial charge is 0.304 e. The molecule has 0 N–H and O–H groups in total. The number of hydrogen-bond donors (Lipinski definition) is 0. The first-order chi connectivity index (χ1) is 5.20. The average Bonchev–Trinajstić information content (AvgIpc) is 2.06. The van der Waals surface area contributed by atoms with E-state index in [1.807, 2.05) is 0 Å². The van der Waals surface area contributed by atoms with Crippen LogP contribution in [0.2, 0.25) is 0 Å². The van der Waals surface area contributed by atoms with Gasteiger partial charge in [0, 0.05) is 5.41 Å². The van der Waals surface area contributed by atoms with Crippen LogP contribution in [0.25, 0.3) is 0 Å². The number of likely N-dealkylation sites (tertiary alicyclic amines) is 1. The van der Waals surface area contributed by atoms with Crippen LogP contribution in [0.5, 0.6) is 0 Å². The molecule has 1 heterocycles. The molecule has 0 atom stereocenters. The minimum absolute atomic E-state index is 0.186. The van der Waals surface area contributed by atoms with Gasteiger partial charge in [0.1, 0.15) is 0 Å². The van der Waals surface area contributed by atoms with E-state index in [9.17, 15) is 0 Å². The highest BCUT2D eigenvalue weighted by molar-refractivity contribution is 5.05. The Morgan fingerprint density at radius 3 is 2.36 bits per heavy atom. The summed E-state index contributed by atoms with van der Waals surface area (Å²) in [6.07, 6.45) is 7.78. The van der Waals surface area contributed by atoms with Crippen LogP contribution in [0, 0.1) is 17.8 Å². The Hall–Kier alpha value is -0.480. The number of rotatable bonds is 1. The second kappa shape index (κ2) is 3.28. The molecule has 1 aliphatic heterocycles. The summed E-state index contributed by atoms with van der Waals surface area (Å²) in [5.41, 5.74) is 0.186. The summed E-state index contributed by atoms with van der Waals surface area (Å²) in [5.74, 6) is 2.90. The Kier molecular flexibility index (Phi) is 2.57. The summed E-state index contributed by atoms with van der Waals surface area (Å²) in [6, 6.07) is 0. The molecule has 1 heteroatoms. The highest BCUT2D eigenvalue weighted by atomic mass is 15.1. The van der Waals surface area contributed by atoms with Crippen LogP contribution in [0.3, 0.4) is 0 Å². The van der Waals surface area contributed by atoms with Crippen molar-refractivity contribution >= 4 is 0 Å². The van der Waals surface area contributed by atoms with E-state index in [-0.39, 0.29) is 5.41 Å². The van der Waals surface area contributed by atoms with Gasteiger partial charge >= 0.3 is 0 Å². The van der Waals surface area contributed by atoms with Gasteiger partial charge in [-0.15, -0.1) is 12.3 Å². The molecule has 0 saturated carbocycles. The van der Waals surface area contributed by atoms with Crippen LogP contribution in [0.15, 0.2) is 0 Å². The monoisotopic (exact) mass is 151 g/mol. The zero-order chi connectivity index (χ0) is 8.32. The van der Waals surface area contributed by atoms with Crippen LogP contribution in [-0.4, -0.2) is 24.5 Å². The fourth-order valence-corrected chi connectivity index (χ4v) is 1.51. The van der Waals surface area contributed by atoms with Crippen molar-refractivity contribution in [3.8, 4) is 12.3 Å². The summed E-state index contributed by atoms with van der Waals surface area (Å²) in [5, 5.41) is 0. The molecule has 1 nitrogen and oxygen atoms in total. The molecule has 0 unspecified atom stereocenters. The van der Waals surface area contributed by atoms with Crippen molar-refractivity contribution < 1.29 is 0 Å². The van der Waals surface area contributed by atoms with Gasteiger partial charge in [-0.25, -0.2) is 0 Å². The lowest BCUT2D eigenvalue weighted by Gasteiger charge is -2.35. The lowest BCUT2D eigenvalue weighted by atomic mass is 9.81. The molecule has 1 aliphatic rings. The van der Waals surface area contributed by atoms with Crippen LogP contribution in [-0.2, 0) is 0 Å². The highest BCUT2D eigenvalue weighted by Gasteiger charge is 2.26. The first kappa shape index (κ1) is 8.62. The van der Waals surface area contributed by atoms with Gasteiger partial charge in [-0.05, 0) is 39.4 Å². The highest BCUT2D eigenvalue weighted by Crippen LogP contribution is 2.29. The average molecular weight is 151 g/mol. The summed E-state index contributed by atoms with van der Waals surface area (Å²) in [4.78, 5) is 2.46. The molecule has 0 bridgehead atoms. The topological polar surface area (TPSA) is 3.24 Å². The summed E-state index contributed by atoms with van der Waals surface area (Å²) in [6.45, 7) is 7.92. The maximum absolute atomic E-state index is 5.46. The van der Waals surface area contributed by atoms with Crippen LogP contribution in [0.4, 0.5) is 0 Å². The molecule has 11 heavy (non-hydrogen) atoms. The van der Waals surface area contributed by atoms with Crippen molar-refractivity contribution in [3.63, 3.8) is 0 Å². The first-order valence-electron chi connectivity index (χ1n) is 4.40. The van der Waals surface area contributed by atoms with E-state index in [1.54, 1.807) is 0 Å². The number of hydrogen-bond acceptors (Lipinski definition) is 1. The van der Waals surface area contributed by atoms with E-state index in [1.165, 1.54) is 19.6 Å². The second-order valence-corrected chi connectivity index (χ2v) is 3.64. The molecule has 1 rings (SSSR count). The van der Waals surface area contributed by atoms with Gasteiger partial charge in [0.15, 0.2) is 0 Å². The minimum atomic E-state index is 0.186. The van der Waals surface area contributed by atoms with E-state index in [0.29, 0.717) is 0 Å². The van der Waals surface area contributed by atoms with Gasteiger partial charge in [0.05, 0.1) is 0 Å². The second-order valence-electron chi connectivity index (χ2n) is 3.64. The molecule has 0 radical (unpaired) electrons. The van der Waals surface area contributed by atoms with Crippen molar-refractivity contribution in [2.45, 2.75) is 26.7 Å². The predicted octanol–water partition coefficient (Wildman–Crippen LogP) is 1.74. The van der Waals surface area contributed by atoms with Crippen LogP contribution in [0.1, 0.15) is 26.7 Å². The van der Waals surface area contributed by atoms with Gasteiger partial charge < -0.3 is 4.90 Å². The number of terminal acetylenes is 1. The Labute approximate surface area is 69.8 Å². The lowest BCUT2D eigenvalue weighted by molar-refractivity contribution is 0.165. The lowest BCUT2D eigenvalue weighted by Crippen LogP contribution is -2.37. The van der Waals surface area contributed by atoms with Crippen molar-refractivity contribution in [2.75, 3.05) is 19.6 Å². The standard InChI is InChI=1S/C10H17N/c1-4-10(3)6-8-11(5-2)9-7-10/h1H,5-9H2,2-3H3. The van der Waals surface area contributed by atoms with Gasteiger partial charge in [0.2, 0.25) is 0 Å². The normalized spacial score (nSPS) is 24.5. The third kappa shape index (κ3) is 1.97. The third-order valence-electron chi connectivity index (χ3n) is 2.76. The van der Waals surface area contributed by atoms with Gasteiger partial charge in [0.25, 0.3) is 0 Å². The zero-order valence-electron chi connectivity index (χ0n) is 7.56. The molecule has 1 saturated heterocycles. The fourth-order valence-electron chi connectivity index (χ4n) is 1.51. The molecular formula is C10H17N. The molecular weight excluding hydrogens is 134 g/mol. The van der Waals surface area contributed by atoms with Crippen molar-refractivity contribution in [1.82, 2.24) is 4.90 Å². The Morgan fingerprint density at radius 2 is 2.00 bits per heavy atom. The Bertz CT molecular complexity index is 158. The van der Waals surface area contributed by atoms with Gasteiger partial charge in [-0.1, -0.05) is 6.92 Å². The molecule has 0 aromatic carbocycles. The summed E-state index contributed by atoms with van der Waals surface area (Å²) >= 11 is 0.